The van der Waals surface area contributed by atoms with Gasteiger partial charge in [0.15, 0.2) is 0 Å². The Balaban J connectivity index is 1.63. The number of anilines is 1. The maximum Gasteiger partial charge on any atom is 0.319 e. The van der Waals surface area contributed by atoms with Gasteiger partial charge in [-0.2, -0.15) is 0 Å². The maximum atomic E-state index is 12.4. The number of fused-ring (bicyclic) bond motifs is 2. The fraction of sp³-hybridized carbons (Fsp3) is 0.556. The van der Waals surface area contributed by atoms with E-state index >= 15 is 0 Å². The fourth-order valence-electron chi connectivity index (χ4n) is 3.89. The molecule has 2 atom stereocenters. The van der Waals surface area contributed by atoms with Gasteiger partial charge in [-0.15, -0.1) is 0 Å². The number of hydrogen-bond acceptors (Lipinski definition) is 3. The summed E-state index contributed by atoms with van der Waals surface area (Å²) in [5, 5.41) is 5.93. The molecule has 1 aromatic rings. The zero-order chi connectivity index (χ0) is 17.3. The lowest BCUT2D eigenvalue weighted by Crippen LogP contribution is -2.49. The molecule has 6 heteroatoms. The van der Waals surface area contributed by atoms with Gasteiger partial charge in [0.25, 0.3) is 5.91 Å². The summed E-state index contributed by atoms with van der Waals surface area (Å²) >= 11 is 0. The van der Waals surface area contributed by atoms with Crippen molar-refractivity contribution in [3.05, 3.63) is 29.8 Å². The van der Waals surface area contributed by atoms with Gasteiger partial charge in [0.05, 0.1) is 11.3 Å². The van der Waals surface area contributed by atoms with Gasteiger partial charge in [0, 0.05) is 32.2 Å². The molecule has 2 N–H and O–H groups in total. The summed E-state index contributed by atoms with van der Waals surface area (Å²) in [6, 6.07) is 8.24. The molecule has 2 aliphatic heterocycles. The lowest BCUT2D eigenvalue weighted by Gasteiger charge is -2.36. The molecule has 0 saturated carbocycles. The van der Waals surface area contributed by atoms with E-state index in [2.05, 4.69) is 22.6 Å². The third-order valence-electron chi connectivity index (χ3n) is 5.25. The molecule has 2 saturated heterocycles. The SMILES string of the molecule is CN(C)C(=O)c1ccccc1NC(=O)NC1CC2CCC(C1)N2C. The van der Waals surface area contributed by atoms with Crippen LogP contribution in [-0.2, 0) is 0 Å². The highest BCUT2D eigenvalue weighted by Crippen LogP contribution is 2.34. The van der Waals surface area contributed by atoms with Crippen molar-refractivity contribution in [1.82, 2.24) is 15.1 Å². The summed E-state index contributed by atoms with van der Waals surface area (Å²) in [5.41, 5.74) is 1.05. The summed E-state index contributed by atoms with van der Waals surface area (Å²) in [4.78, 5) is 28.5. The van der Waals surface area contributed by atoms with Crippen molar-refractivity contribution < 1.29 is 9.59 Å². The van der Waals surface area contributed by atoms with Crippen molar-refractivity contribution in [3.8, 4) is 0 Å². The van der Waals surface area contributed by atoms with E-state index in [0.29, 0.717) is 23.3 Å². The molecule has 6 nitrogen and oxygen atoms in total. The Kier molecular flexibility index (Phi) is 4.76. The van der Waals surface area contributed by atoms with Gasteiger partial charge < -0.3 is 20.4 Å². The lowest BCUT2D eigenvalue weighted by molar-refractivity contribution is 0.0828. The summed E-state index contributed by atoms with van der Waals surface area (Å²) in [7, 11) is 5.59. The predicted molar refractivity (Wildman–Crippen MR) is 94.2 cm³/mol. The molecule has 3 amide bonds. The van der Waals surface area contributed by atoms with Gasteiger partial charge >= 0.3 is 6.03 Å². The molecule has 2 bridgehead atoms. The Bertz CT molecular complexity index is 617. The van der Waals surface area contributed by atoms with E-state index in [-0.39, 0.29) is 18.0 Å². The second kappa shape index (κ2) is 6.81. The topological polar surface area (TPSA) is 64.7 Å². The first kappa shape index (κ1) is 16.8. The van der Waals surface area contributed by atoms with E-state index in [1.54, 1.807) is 32.3 Å². The minimum atomic E-state index is -0.233. The highest BCUT2D eigenvalue weighted by molar-refractivity contribution is 6.03. The first-order valence-corrected chi connectivity index (χ1v) is 8.56. The van der Waals surface area contributed by atoms with Crippen LogP contribution in [-0.4, -0.2) is 61.0 Å². The fourth-order valence-corrected chi connectivity index (χ4v) is 3.89. The molecule has 3 rings (SSSR count). The second-order valence-corrected chi connectivity index (χ2v) is 7.06. The van der Waals surface area contributed by atoms with Gasteiger partial charge in [-0.3, -0.25) is 4.79 Å². The van der Waals surface area contributed by atoms with Crippen LogP contribution in [0.25, 0.3) is 0 Å². The first-order valence-electron chi connectivity index (χ1n) is 8.56. The molecule has 0 spiro atoms. The number of piperidine rings is 1. The van der Waals surface area contributed by atoms with Crippen LogP contribution < -0.4 is 10.6 Å². The molecule has 130 valence electrons. The van der Waals surface area contributed by atoms with E-state index in [1.807, 2.05) is 6.07 Å². The van der Waals surface area contributed by atoms with Crippen molar-refractivity contribution in [2.24, 2.45) is 0 Å². The van der Waals surface area contributed by atoms with E-state index in [1.165, 1.54) is 17.7 Å². The molecule has 0 aliphatic carbocycles. The Morgan fingerprint density at radius 3 is 2.38 bits per heavy atom. The molecular formula is C18H26N4O2. The van der Waals surface area contributed by atoms with Crippen molar-refractivity contribution in [2.75, 3.05) is 26.5 Å². The number of para-hydroxylation sites is 1. The quantitative estimate of drug-likeness (QED) is 0.892. The molecule has 2 heterocycles. The van der Waals surface area contributed by atoms with E-state index < -0.39 is 0 Å². The van der Waals surface area contributed by atoms with Crippen LogP contribution in [0.4, 0.5) is 10.5 Å². The van der Waals surface area contributed by atoms with Crippen molar-refractivity contribution in [3.63, 3.8) is 0 Å². The molecular weight excluding hydrogens is 304 g/mol. The van der Waals surface area contributed by atoms with E-state index in [0.717, 1.165) is 12.8 Å². The number of hydrogen-bond donors (Lipinski definition) is 2. The van der Waals surface area contributed by atoms with Gasteiger partial charge in [-0.25, -0.2) is 4.79 Å². The number of nitrogens with zero attached hydrogens (tertiary/aromatic N) is 2. The normalized spacial score (nSPS) is 26.0. The number of carbonyl (C=O) groups excluding carboxylic acids is 2. The number of benzene rings is 1. The number of amides is 3. The highest BCUT2D eigenvalue weighted by Gasteiger charge is 2.38. The van der Waals surface area contributed by atoms with Crippen LogP contribution in [0.5, 0.6) is 0 Å². The van der Waals surface area contributed by atoms with Gasteiger partial charge in [-0.1, -0.05) is 12.1 Å². The van der Waals surface area contributed by atoms with E-state index in [4.69, 9.17) is 0 Å². The summed E-state index contributed by atoms with van der Waals surface area (Å²) < 4.78 is 0. The van der Waals surface area contributed by atoms with Crippen LogP contribution in [0, 0.1) is 0 Å². The Hall–Kier alpha value is -2.08. The summed E-state index contributed by atoms with van der Waals surface area (Å²) in [5.74, 6) is -0.122. The third kappa shape index (κ3) is 3.38. The standard InChI is InChI=1S/C18H26N4O2/c1-21(2)17(23)15-6-4-5-7-16(15)20-18(24)19-12-10-13-8-9-14(11-12)22(13)3/h4-7,12-14H,8-11H2,1-3H3,(H2,19,20,24). The minimum absolute atomic E-state index is 0.122. The van der Waals surface area contributed by atoms with Crippen LogP contribution >= 0.6 is 0 Å². The number of rotatable bonds is 3. The van der Waals surface area contributed by atoms with Crippen LogP contribution in [0.3, 0.4) is 0 Å². The lowest BCUT2D eigenvalue weighted by atomic mass is 9.98. The molecule has 24 heavy (non-hydrogen) atoms. The molecule has 0 radical (unpaired) electrons. The smallest absolute Gasteiger partial charge is 0.319 e. The maximum absolute atomic E-state index is 12.4. The first-order chi connectivity index (χ1) is 11.5. The Morgan fingerprint density at radius 2 is 1.75 bits per heavy atom. The predicted octanol–water partition coefficient (Wildman–Crippen LogP) is 2.14. The van der Waals surface area contributed by atoms with Crippen molar-refractivity contribution in [1.29, 1.82) is 0 Å². The number of urea groups is 1. The molecule has 2 unspecified atom stereocenters. The second-order valence-electron chi connectivity index (χ2n) is 7.06. The Labute approximate surface area is 143 Å². The highest BCUT2D eigenvalue weighted by atomic mass is 16.2. The van der Waals surface area contributed by atoms with Crippen LogP contribution in [0.1, 0.15) is 36.0 Å². The van der Waals surface area contributed by atoms with Gasteiger partial charge in [0.1, 0.15) is 0 Å². The Morgan fingerprint density at radius 1 is 1.12 bits per heavy atom. The van der Waals surface area contributed by atoms with Crippen LogP contribution in [0.2, 0.25) is 0 Å². The van der Waals surface area contributed by atoms with Crippen molar-refractivity contribution in [2.45, 2.75) is 43.8 Å². The van der Waals surface area contributed by atoms with Gasteiger partial charge in [-0.05, 0) is 44.9 Å². The third-order valence-corrected chi connectivity index (χ3v) is 5.25. The zero-order valence-corrected chi connectivity index (χ0v) is 14.6. The monoisotopic (exact) mass is 330 g/mol. The average Bonchev–Trinajstić information content (AvgIpc) is 2.76. The van der Waals surface area contributed by atoms with Crippen molar-refractivity contribution >= 4 is 17.6 Å². The zero-order valence-electron chi connectivity index (χ0n) is 14.6. The molecule has 1 aromatic carbocycles. The summed E-state index contributed by atoms with van der Waals surface area (Å²) in [6.45, 7) is 0. The van der Waals surface area contributed by atoms with Crippen LogP contribution in [0.15, 0.2) is 24.3 Å². The molecule has 2 aliphatic rings. The number of nitrogens with one attached hydrogen (secondary N) is 2. The minimum Gasteiger partial charge on any atom is -0.345 e. The van der Waals surface area contributed by atoms with E-state index in [9.17, 15) is 9.59 Å². The largest absolute Gasteiger partial charge is 0.345 e. The molecule has 2 fully saturated rings. The van der Waals surface area contributed by atoms with Gasteiger partial charge in [0.2, 0.25) is 0 Å². The summed E-state index contributed by atoms with van der Waals surface area (Å²) in [6.07, 6.45) is 4.44. The number of carbonyl (C=O) groups is 2. The average molecular weight is 330 g/mol. The molecule has 0 aromatic heterocycles.